The summed E-state index contributed by atoms with van der Waals surface area (Å²) in [6.07, 6.45) is 1.75. The Labute approximate surface area is 117 Å². The van der Waals surface area contributed by atoms with Crippen LogP contribution in [0.2, 0.25) is 5.02 Å². The molecule has 2 rings (SSSR count). The number of hydrogen-bond acceptors (Lipinski definition) is 2. The van der Waals surface area contributed by atoms with Crippen molar-refractivity contribution in [1.29, 1.82) is 0 Å². The Morgan fingerprint density at radius 3 is 2.44 bits per heavy atom. The first-order chi connectivity index (χ1) is 8.70. The summed E-state index contributed by atoms with van der Waals surface area (Å²) in [6.45, 7) is 3.75. The SMILES string of the molecule is C=C[C@H](N)c1ccccc1Sc1ccc(Cl)cc1. The van der Waals surface area contributed by atoms with E-state index in [4.69, 9.17) is 17.3 Å². The third kappa shape index (κ3) is 3.16. The normalized spacial score (nSPS) is 12.1. The fourth-order valence-electron chi connectivity index (χ4n) is 1.61. The molecule has 1 nitrogen and oxygen atoms in total. The van der Waals surface area contributed by atoms with E-state index in [1.54, 1.807) is 17.8 Å². The highest BCUT2D eigenvalue weighted by Gasteiger charge is 2.08. The maximum Gasteiger partial charge on any atom is 0.0489 e. The summed E-state index contributed by atoms with van der Waals surface area (Å²) < 4.78 is 0. The van der Waals surface area contributed by atoms with Gasteiger partial charge < -0.3 is 5.73 Å². The van der Waals surface area contributed by atoms with Gasteiger partial charge in [-0.15, -0.1) is 6.58 Å². The topological polar surface area (TPSA) is 26.0 Å². The van der Waals surface area contributed by atoms with Crippen molar-refractivity contribution in [3.63, 3.8) is 0 Å². The third-order valence-corrected chi connectivity index (χ3v) is 3.93. The second-order valence-electron chi connectivity index (χ2n) is 3.86. The maximum atomic E-state index is 6.02. The molecule has 0 aliphatic rings. The Morgan fingerprint density at radius 1 is 1.11 bits per heavy atom. The third-order valence-electron chi connectivity index (χ3n) is 2.57. The molecular formula is C15H14ClNS. The van der Waals surface area contributed by atoms with Crippen LogP contribution in [0.5, 0.6) is 0 Å². The Morgan fingerprint density at radius 2 is 1.78 bits per heavy atom. The summed E-state index contributed by atoms with van der Waals surface area (Å²) in [4.78, 5) is 2.29. The molecule has 92 valence electrons. The van der Waals surface area contributed by atoms with Gasteiger partial charge in [-0.3, -0.25) is 0 Å². The molecule has 2 aromatic rings. The highest BCUT2D eigenvalue weighted by atomic mass is 35.5. The minimum absolute atomic E-state index is 0.138. The molecule has 0 fully saturated rings. The average Bonchev–Trinajstić information content (AvgIpc) is 2.41. The number of benzene rings is 2. The van der Waals surface area contributed by atoms with Gasteiger partial charge in [0.05, 0.1) is 0 Å². The Balaban J connectivity index is 2.28. The summed E-state index contributed by atoms with van der Waals surface area (Å²) in [7, 11) is 0. The molecule has 0 aliphatic heterocycles. The van der Waals surface area contributed by atoms with E-state index in [0.717, 1.165) is 20.4 Å². The van der Waals surface area contributed by atoms with Crippen molar-refractivity contribution in [1.82, 2.24) is 0 Å². The van der Waals surface area contributed by atoms with Crippen LogP contribution in [-0.2, 0) is 0 Å². The van der Waals surface area contributed by atoms with Gasteiger partial charge in [-0.25, -0.2) is 0 Å². The van der Waals surface area contributed by atoms with Gasteiger partial charge in [-0.1, -0.05) is 47.6 Å². The molecule has 0 aromatic heterocycles. The van der Waals surface area contributed by atoms with E-state index >= 15 is 0 Å². The molecule has 0 spiro atoms. The Bertz CT molecular complexity index is 536. The van der Waals surface area contributed by atoms with E-state index in [2.05, 4.69) is 12.6 Å². The monoisotopic (exact) mass is 275 g/mol. The lowest BCUT2D eigenvalue weighted by atomic mass is 10.1. The predicted octanol–water partition coefficient (Wildman–Crippen LogP) is 4.68. The molecule has 0 unspecified atom stereocenters. The molecule has 0 radical (unpaired) electrons. The molecule has 0 heterocycles. The van der Waals surface area contributed by atoms with Crippen LogP contribution in [0.4, 0.5) is 0 Å². The van der Waals surface area contributed by atoms with Gasteiger partial charge in [0.25, 0.3) is 0 Å². The molecule has 0 amide bonds. The molecule has 2 aromatic carbocycles. The largest absolute Gasteiger partial charge is 0.321 e. The predicted molar refractivity (Wildman–Crippen MR) is 79.1 cm³/mol. The van der Waals surface area contributed by atoms with E-state index in [-0.39, 0.29) is 6.04 Å². The van der Waals surface area contributed by atoms with Gasteiger partial charge in [-0.05, 0) is 35.9 Å². The summed E-state index contributed by atoms with van der Waals surface area (Å²) in [6, 6.07) is 15.7. The average molecular weight is 276 g/mol. The standard InChI is InChI=1S/C15H14ClNS/c1-2-14(17)13-5-3-4-6-15(13)18-12-9-7-11(16)8-10-12/h2-10,14H,1,17H2/t14-/m0/s1. The zero-order chi connectivity index (χ0) is 13.0. The van der Waals surface area contributed by atoms with Crippen molar-refractivity contribution in [2.45, 2.75) is 15.8 Å². The number of rotatable bonds is 4. The molecule has 0 saturated heterocycles. The second kappa shape index (κ2) is 6.10. The number of nitrogens with two attached hydrogens (primary N) is 1. The second-order valence-corrected chi connectivity index (χ2v) is 5.41. The van der Waals surface area contributed by atoms with Crippen molar-refractivity contribution in [3.05, 3.63) is 71.8 Å². The molecule has 0 aliphatic carbocycles. The molecular weight excluding hydrogens is 262 g/mol. The zero-order valence-corrected chi connectivity index (χ0v) is 11.4. The van der Waals surface area contributed by atoms with Crippen LogP contribution in [0, 0.1) is 0 Å². The van der Waals surface area contributed by atoms with Crippen molar-refractivity contribution in [2.24, 2.45) is 5.73 Å². The van der Waals surface area contributed by atoms with Crippen molar-refractivity contribution in [3.8, 4) is 0 Å². The first kappa shape index (κ1) is 13.2. The van der Waals surface area contributed by atoms with Gasteiger partial charge in [0.1, 0.15) is 0 Å². The molecule has 0 saturated carbocycles. The fraction of sp³-hybridized carbons (Fsp3) is 0.0667. The first-order valence-corrected chi connectivity index (χ1v) is 6.80. The minimum Gasteiger partial charge on any atom is -0.321 e. The number of hydrogen-bond donors (Lipinski definition) is 1. The quantitative estimate of drug-likeness (QED) is 0.820. The lowest BCUT2D eigenvalue weighted by Crippen LogP contribution is -2.07. The first-order valence-electron chi connectivity index (χ1n) is 5.61. The van der Waals surface area contributed by atoms with Gasteiger partial charge >= 0.3 is 0 Å². The van der Waals surface area contributed by atoms with Crippen molar-refractivity contribution >= 4 is 23.4 Å². The lowest BCUT2D eigenvalue weighted by Gasteiger charge is -2.12. The summed E-state index contributed by atoms with van der Waals surface area (Å²) >= 11 is 7.56. The molecule has 2 N–H and O–H groups in total. The Kier molecular flexibility index (Phi) is 4.48. The van der Waals surface area contributed by atoms with Gasteiger partial charge in [0, 0.05) is 20.9 Å². The minimum atomic E-state index is -0.138. The molecule has 3 heteroatoms. The maximum absolute atomic E-state index is 6.02. The lowest BCUT2D eigenvalue weighted by molar-refractivity contribution is 0.886. The molecule has 0 bridgehead atoms. The van der Waals surface area contributed by atoms with Crippen LogP contribution in [0.1, 0.15) is 11.6 Å². The van der Waals surface area contributed by atoms with Crippen LogP contribution >= 0.6 is 23.4 Å². The summed E-state index contributed by atoms with van der Waals surface area (Å²) in [5, 5.41) is 0.746. The van der Waals surface area contributed by atoms with Crippen LogP contribution < -0.4 is 5.73 Å². The number of halogens is 1. The smallest absolute Gasteiger partial charge is 0.0489 e. The molecule has 1 atom stereocenters. The van der Waals surface area contributed by atoms with Gasteiger partial charge in [0.15, 0.2) is 0 Å². The van der Waals surface area contributed by atoms with E-state index in [0.29, 0.717) is 0 Å². The summed E-state index contributed by atoms with van der Waals surface area (Å²) in [5.41, 5.74) is 7.11. The van der Waals surface area contributed by atoms with Crippen LogP contribution in [0.25, 0.3) is 0 Å². The van der Waals surface area contributed by atoms with Crippen molar-refractivity contribution in [2.75, 3.05) is 0 Å². The highest BCUT2D eigenvalue weighted by Crippen LogP contribution is 2.33. The van der Waals surface area contributed by atoms with E-state index in [9.17, 15) is 0 Å². The molecule has 18 heavy (non-hydrogen) atoms. The van der Waals surface area contributed by atoms with E-state index in [1.807, 2.05) is 42.5 Å². The van der Waals surface area contributed by atoms with Crippen LogP contribution in [0.15, 0.2) is 71.0 Å². The van der Waals surface area contributed by atoms with Gasteiger partial charge in [-0.2, -0.15) is 0 Å². The highest BCUT2D eigenvalue weighted by molar-refractivity contribution is 7.99. The van der Waals surface area contributed by atoms with E-state index in [1.165, 1.54) is 0 Å². The zero-order valence-electron chi connectivity index (χ0n) is 9.84. The van der Waals surface area contributed by atoms with Crippen LogP contribution in [0.3, 0.4) is 0 Å². The van der Waals surface area contributed by atoms with Crippen LogP contribution in [-0.4, -0.2) is 0 Å². The van der Waals surface area contributed by atoms with E-state index < -0.39 is 0 Å². The Hall–Kier alpha value is -1.22. The summed E-state index contributed by atoms with van der Waals surface area (Å²) in [5.74, 6) is 0. The van der Waals surface area contributed by atoms with Gasteiger partial charge in [0.2, 0.25) is 0 Å². The fourth-order valence-corrected chi connectivity index (χ4v) is 2.73. The van der Waals surface area contributed by atoms with Crippen molar-refractivity contribution < 1.29 is 0 Å².